The lowest BCUT2D eigenvalue weighted by Crippen LogP contribution is -2.11. The van der Waals surface area contributed by atoms with Crippen LogP contribution in [0.5, 0.6) is 0 Å². The second-order valence-corrected chi connectivity index (χ2v) is 13.4. The largest absolute Gasteiger partial charge is 0.454 e. The van der Waals surface area contributed by atoms with Gasteiger partial charge >= 0.3 is 0 Å². The molecule has 0 N–H and O–H groups in total. The quantitative estimate of drug-likeness (QED) is 0.179. The molecular weight excluding hydrogens is 673 g/mol. The van der Waals surface area contributed by atoms with E-state index in [0.29, 0.717) is 5.82 Å². The van der Waals surface area contributed by atoms with Gasteiger partial charge in [0.15, 0.2) is 11.4 Å². The highest BCUT2D eigenvalue weighted by Crippen LogP contribution is 2.46. The lowest BCUT2D eigenvalue weighted by Gasteiger charge is -2.27. The van der Waals surface area contributed by atoms with E-state index in [1.54, 1.807) is 0 Å². The number of hydrogen-bond acceptors (Lipinski definition) is 4. The summed E-state index contributed by atoms with van der Waals surface area (Å²) in [6, 6.07) is 69.1. The van der Waals surface area contributed by atoms with E-state index in [4.69, 9.17) is 9.40 Å². The summed E-state index contributed by atoms with van der Waals surface area (Å²) in [6.07, 6.45) is 1.88. The summed E-state index contributed by atoms with van der Waals surface area (Å²) in [5.74, 6) is 0.674. The van der Waals surface area contributed by atoms with Crippen molar-refractivity contribution in [2.45, 2.75) is 0 Å². The molecule has 5 nitrogen and oxygen atoms in total. The van der Waals surface area contributed by atoms with E-state index >= 15 is 0 Å². The molecule has 5 heteroatoms. The second-order valence-electron chi connectivity index (χ2n) is 13.4. The average Bonchev–Trinajstić information content (AvgIpc) is 3.82. The summed E-state index contributed by atoms with van der Waals surface area (Å²) in [5, 5.41) is 5.51. The zero-order valence-electron chi connectivity index (χ0n) is 29.8. The van der Waals surface area contributed by atoms with Gasteiger partial charge in [-0.05, 0) is 60.7 Å². The topological polar surface area (TPSA) is 47.1 Å². The van der Waals surface area contributed by atoms with Crippen LogP contribution in [0.25, 0.3) is 71.7 Å². The fourth-order valence-electron chi connectivity index (χ4n) is 7.61. The van der Waals surface area contributed by atoms with Gasteiger partial charge in [-0.15, -0.1) is 0 Å². The third-order valence-corrected chi connectivity index (χ3v) is 10.1. The lowest BCUT2D eigenvalue weighted by molar-refractivity contribution is 0.669. The molecule has 0 aliphatic carbocycles. The molecule has 55 heavy (non-hydrogen) atoms. The molecule has 3 aromatic heterocycles. The summed E-state index contributed by atoms with van der Waals surface area (Å²) in [4.78, 5) is 11.9. The van der Waals surface area contributed by atoms with E-state index in [1.165, 1.54) is 10.8 Å². The molecule has 0 amide bonds. The fourth-order valence-corrected chi connectivity index (χ4v) is 7.61. The summed E-state index contributed by atoms with van der Waals surface area (Å²) < 4.78 is 9.22. The lowest BCUT2D eigenvalue weighted by atomic mass is 10.1. The zero-order valence-corrected chi connectivity index (χ0v) is 29.8. The second kappa shape index (κ2) is 13.8. The van der Waals surface area contributed by atoms with Crippen LogP contribution in [-0.2, 0) is 0 Å². The average molecular weight is 707 g/mol. The first-order valence-electron chi connectivity index (χ1n) is 18.4. The van der Waals surface area contributed by atoms with E-state index in [0.717, 1.165) is 72.2 Å². The normalized spacial score (nSPS) is 11.3. The van der Waals surface area contributed by atoms with Crippen molar-refractivity contribution in [2.75, 3.05) is 4.90 Å². The number of rotatable bonds is 5. The predicted molar refractivity (Wildman–Crippen MR) is 228 cm³/mol. The van der Waals surface area contributed by atoms with Gasteiger partial charge in [0.2, 0.25) is 0 Å². The molecule has 0 radical (unpaired) electrons. The smallest absolute Gasteiger partial charge is 0.159 e. The van der Waals surface area contributed by atoms with Crippen molar-refractivity contribution in [1.29, 1.82) is 0 Å². The van der Waals surface area contributed by atoms with Gasteiger partial charge in [0, 0.05) is 50.1 Å². The molecule has 0 atom stereocenters. The molecule has 0 fully saturated rings. The number of aromatic nitrogens is 3. The van der Waals surface area contributed by atoms with Crippen LogP contribution in [0.2, 0.25) is 0 Å². The van der Waals surface area contributed by atoms with Gasteiger partial charge in [-0.1, -0.05) is 140 Å². The standard InChI is InChI=1S/C44H28N4O.C6H6/c1-3-14-31(15-4-1)47(39-23-11-19-35-33-18-8-10-22-38(33)48(42(35)39)32-16-5-2-6-17-32)40-24-12-20-36-34-26-25-29(27-41(34)49-43(36)40)44-45-28-30-13-7-9-21-37(30)46-44;1-2-4-6-5-3-1/h1-28H;1-6H. The summed E-state index contributed by atoms with van der Waals surface area (Å²) in [6.45, 7) is 0. The van der Waals surface area contributed by atoms with Gasteiger partial charge in [-0.3, -0.25) is 0 Å². The minimum atomic E-state index is 0.674. The fraction of sp³-hybridized carbons (Fsp3) is 0. The molecule has 11 rings (SSSR count). The molecule has 0 aliphatic heterocycles. The van der Waals surface area contributed by atoms with E-state index in [-0.39, 0.29) is 0 Å². The van der Waals surface area contributed by atoms with Gasteiger partial charge in [0.1, 0.15) is 5.58 Å². The summed E-state index contributed by atoms with van der Waals surface area (Å²) in [7, 11) is 0. The third kappa shape index (κ3) is 5.75. The first-order valence-corrected chi connectivity index (χ1v) is 18.4. The maximum absolute atomic E-state index is 6.84. The van der Waals surface area contributed by atoms with Gasteiger partial charge in [0.05, 0.1) is 27.9 Å². The molecule has 11 aromatic rings. The molecule has 260 valence electrons. The maximum Gasteiger partial charge on any atom is 0.159 e. The van der Waals surface area contributed by atoms with Crippen LogP contribution >= 0.6 is 0 Å². The van der Waals surface area contributed by atoms with Crippen LogP contribution in [-0.4, -0.2) is 14.5 Å². The molecule has 0 aliphatic rings. The predicted octanol–water partition coefficient (Wildman–Crippen LogP) is 13.4. The maximum atomic E-state index is 6.84. The van der Waals surface area contributed by atoms with Crippen molar-refractivity contribution in [2.24, 2.45) is 0 Å². The summed E-state index contributed by atoms with van der Waals surface area (Å²) in [5.41, 5.74) is 9.90. The number of para-hydroxylation sites is 6. The van der Waals surface area contributed by atoms with Crippen LogP contribution < -0.4 is 4.90 Å². The first-order chi connectivity index (χ1) is 27.3. The number of anilines is 3. The third-order valence-electron chi connectivity index (χ3n) is 10.1. The first kappa shape index (κ1) is 32.2. The van der Waals surface area contributed by atoms with Gasteiger partial charge in [0.25, 0.3) is 0 Å². The highest BCUT2D eigenvalue weighted by molar-refractivity contribution is 6.16. The number of fused-ring (bicyclic) bond motifs is 7. The van der Waals surface area contributed by atoms with Crippen LogP contribution in [0.1, 0.15) is 0 Å². The van der Waals surface area contributed by atoms with Crippen LogP contribution in [0.4, 0.5) is 17.1 Å². The highest BCUT2D eigenvalue weighted by atomic mass is 16.3. The monoisotopic (exact) mass is 706 g/mol. The highest BCUT2D eigenvalue weighted by Gasteiger charge is 2.24. The van der Waals surface area contributed by atoms with Crippen molar-refractivity contribution in [3.05, 3.63) is 206 Å². The Kier molecular flexibility index (Phi) is 8.08. The van der Waals surface area contributed by atoms with E-state index in [9.17, 15) is 0 Å². The molecule has 0 bridgehead atoms. The Morgan fingerprint density at radius 1 is 0.491 bits per heavy atom. The Morgan fingerprint density at radius 3 is 1.93 bits per heavy atom. The molecule has 8 aromatic carbocycles. The van der Waals surface area contributed by atoms with Crippen molar-refractivity contribution in [3.8, 4) is 17.1 Å². The molecular formula is C50H34N4O. The molecule has 0 saturated carbocycles. The minimum Gasteiger partial charge on any atom is -0.454 e. The van der Waals surface area contributed by atoms with E-state index in [2.05, 4.69) is 154 Å². The number of benzene rings is 8. The van der Waals surface area contributed by atoms with E-state index in [1.807, 2.05) is 66.9 Å². The Hall–Kier alpha value is -7.50. The van der Waals surface area contributed by atoms with Gasteiger partial charge in [-0.25, -0.2) is 9.97 Å². The molecule has 3 heterocycles. The molecule has 0 unspecified atom stereocenters. The van der Waals surface area contributed by atoms with Crippen molar-refractivity contribution < 1.29 is 4.42 Å². The zero-order chi connectivity index (χ0) is 36.6. The van der Waals surface area contributed by atoms with Crippen LogP contribution in [0.15, 0.2) is 211 Å². The SMILES string of the molecule is c1ccc(N(c2cccc3c2oc2cc(-c4ncc5ccccc5n4)ccc23)c2cccc3c4ccccc4n(-c4ccccc4)c23)cc1.c1ccccc1. The Morgan fingerprint density at radius 2 is 1.13 bits per heavy atom. The minimum absolute atomic E-state index is 0.674. The van der Waals surface area contributed by atoms with Crippen LogP contribution in [0, 0.1) is 0 Å². The molecule has 0 spiro atoms. The number of furan rings is 1. The van der Waals surface area contributed by atoms with Crippen molar-refractivity contribution in [3.63, 3.8) is 0 Å². The van der Waals surface area contributed by atoms with Crippen molar-refractivity contribution in [1.82, 2.24) is 14.5 Å². The number of hydrogen-bond donors (Lipinski definition) is 0. The van der Waals surface area contributed by atoms with Gasteiger partial charge < -0.3 is 13.9 Å². The Bertz CT molecular complexity index is 3070. The molecule has 0 saturated heterocycles. The Balaban J connectivity index is 0.000000570. The van der Waals surface area contributed by atoms with E-state index < -0.39 is 0 Å². The van der Waals surface area contributed by atoms with Crippen LogP contribution in [0.3, 0.4) is 0 Å². The number of nitrogens with zero attached hydrogens (tertiary/aromatic N) is 4. The summed E-state index contributed by atoms with van der Waals surface area (Å²) >= 11 is 0. The Labute approximate surface area is 318 Å². The van der Waals surface area contributed by atoms with Crippen molar-refractivity contribution >= 4 is 71.7 Å². The van der Waals surface area contributed by atoms with Gasteiger partial charge in [-0.2, -0.15) is 0 Å².